The monoisotopic (exact) mass is 297 g/mol. The molecule has 114 valence electrons. The molecule has 0 fully saturated rings. The molecule has 0 aliphatic heterocycles. The van der Waals surface area contributed by atoms with Gasteiger partial charge in [0.05, 0.1) is 7.11 Å². The van der Waals surface area contributed by atoms with Gasteiger partial charge in [0.2, 0.25) is 0 Å². The Morgan fingerprint density at radius 1 is 1.27 bits per heavy atom. The van der Waals surface area contributed by atoms with E-state index >= 15 is 0 Å². The molecule has 22 heavy (non-hydrogen) atoms. The molecule has 0 aliphatic carbocycles. The molecule has 3 rings (SSSR count). The van der Waals surface area contributed by atoms with E-state index in [0.29, 0.717) is 5.78 Å². The highest BCUT2D eigenvalue weighted by Gasteiger charge is 2.11. The zero-order valence-corrected chi connectivity index (χ0v) is 13.0. The van der Waals surface area contributed by atoms with Crippen LogP contribution in [-0.2, 0) is 6.42 Å². The van der Waals surface area contributed by atoms with Crippen molar-refractivity contribution in [3.8, 4) is 5.75 Å². The molecule has 0 amide bonds. The van der Waals surface area contributed by atoms with Crippen molar-refractivity contribution in [1.82, 2.24) is 19.6 Å². The highest BCUT2D eigenvalue weighted by Crippen LogP contribution is 2.20. The number of likely N-dealkylation sites (N-methyl/N-ethyl adjacent to an activating group) is 1. The second-order valence-electron chi connectivity index (χ2n) is 5.21. The molecule has 1 aromatic carbocycles. The topological polar surface area (TPSA) is 55.5 Å². The summed E-state index contributed by atoms with van der Waals surface area (Å²) in [7, 11) is 3.75. The summed E-state index contributed by atoms with van der Waals surface area (Å²) in [5, 5.41) is 4.25. The fraction of sp³-hybridized carbons (Fsp3) is 0.312. The lowest BCUT2D eigenvalue weighted by Crippen LogP contribution is -2.23. The Morgan fingerprint density at radius 3 is 2.91 bits per heavy atom. The van der Waals surface area contributed by atoms with E-state index in [2.05, 4.69) is 26.0 Å². The van der Waals surface area contributed by atoms with Gasteiger partial charge in [0.15, 0.2) is 0 Å². The van der Waals surface area contributed by atoms with Crippen molar-refractivity contribution in [1.29, 1.82) is 0 Å². The second-order valence-corrected chi connectivity index (χ2v) is 5.21. The number of aryl methyl sites for hydroxylation is 1. The van der Waals surface area contributed by atoms with Gasteiger partial charge in [-0.1, -0.05) is 18.2 Å². The third-order valence-corrected chi connectivity index (χ3v) is 3.66. The average molecular weight is 297 g/mol. The Hall–Kier alpha value is -2.63. The minimum absolute atomic E-state index is 0.624. The Morgan fingerprint density at radius 2 is 2.09 bits per heavy atom. The Balaban J connectivity index is 1.81. The molecule has 0 saturated carbocycles. The minimum Gasteiger partial charge on any atom is -0.496 e. The summed E-state index contributed by atoms with van der Waals surface area (Å²) in [4.78, 5) is 10.7. The lowest BCUT2D eigenvalue weighted by atomic mass is 10.1. The quantitative estimate of drug-likeness (QED) is 0.722. The fourth-order valence-corrected chi connectivity index (χ4v) is 2.50. The van der Waals surface area contributed by atoms with Crippen LogP contribution in [-0.4, -0.2) is 40.3 Å². The summed E-state index contributed by atoms with van der Waals surface area (Å²) in [6, 6.07) is 10.1. The van der Waals surface area contributed by atoms with Crippen LogP contribution in [0.1, 0.15) is 11.3 Å². The predicted molar refractivity (Wildman–Crippen MR) is 85.5 cm³/mol. The first-order valence-electron chi connectivity index (χ1n) is 7.19. The van der Waals surface area contributed by atoms with E-state index in [1.54, 1.807) is 11.6 Å². The van der Waals surface area contributed by atoms with E-state index in [-0.39, 0.29) is 0 Å². The molecule has 6 heteroatoms. The molecule has 0 radical (unpaired) electrons. The summed E-state index contributed by atoms with van der Waals surface area (Å²) in [5.74, 6) is 2.53. The van der Waals surface area contributed by atoms with Crippen molar-refractivity contribution in [3.63, 3.8) is 0 Å². The van der Waals surface area contributed by atoms with Crippen LogP contribution >= 0.6 is 0 Å². The molecule has 3 aromatic rings. The summed E-state index contributed by atoms with van der Waals surface area (Å²) in [5.41, 5.74) is 2.12. The molecule has 0 aliphatic rings. The maximum absolute atomic E-state index is 5.40. The van der Waals surface area contributed by atoms with Crippen LogP contribution in [0.2, 0.25) is 0 Å². The van der Waals surface area contributed by atoms with Gasteiger partial charge in [0, 0.05) is 25.4 Å². The first kappa shape index (κ1) is 14.3. The predicted octanol–water partition coefficient (Wildman–Crippen LogP) is 2.12. The van der Waals surface area contributed by atoms with Gasteiger partial charge in [-0.2, -0.15) is 14.6 Å². The van der Waals surface area contributed by atoms with E-state index in [4.69, 9.17) is 4.74 Å². The van der Waals surface area contributed by atoms with Gasteiger partial charge in [0.1, 0.15) is 17.9 Å². The lowest BCUT2D eigenvalue weighted by molar-refractivity contribution is 0.409. The Bertz CT molecular complexity index is 783. The molecule has 0 spiro atoms. The lowest BCUT2D eigenvalue weighted by Gasteiger charge is -2.20. The molecule has 0 saturated heterocycles. The van der Waals surface area contributed by atoms with Crippen molar-refractivity contribution >= 4 is 11.6 Å². The number of rotatable bonds is 5. The van der Waals surface area contributed by atoms with Crippen LogP contribution in [0.25, 0.3) is 5.78 Å². The summed E-state index contributed by atoms with van der Waals surface area (Å²) < 4.78 is 7.16. The van der Waals surface area contributed by atoms with Gasteiger partial charge in [0.25, 0.3) is 5.78 Å². The Kier molecular flexibility index (Phi) is 3.91. The number of hydrogen-bond acceptors (Lipinski definition) is 5. The van der Waals surface area contributed by atoms with Crippen LogP contribution in [0.4, 0.5) is 5.82 Å². The third-order valence-electron chi connectivity index (χ3n) is 3.66. The number of fused-ring (bicyclic) bond motifs is 1. The van der Waals surface area contributed by atoms with Crippen molar-refractivity contribution in [2.45, 2.75) is 13.3 Å². The van der Waals surface area contributed by atoms with Crippen molar-refractivity contribution < 1.29 is 4.74 Å². The number of nitrogens with zero attached hydrogens (tertiary/aromatic N) is 5. The highest BCUT2D eigenvalue weighted by atomic mass is 16.5. The van der Waals surface area contributed by atoms with E-state index < -0.39 is 0 Å². The smallest absolute Gasteiger partial charge is 0.254 e. The standard InChI is InChI=1S/C16H19N5O/c1-12-10-15(21-16(19-12)17-11-18-21)20(2)9-8-13-6-4-5-7-14(13)22-3/h4-7,10-11H,8-9H2,1-3H3. The number of ether oxygens (including phenoxy) is 1. The van der Waals surface area contributed by atoms with Crippen molar-refractivity contribution in [3.05, 3.63) is 47.9 Å². The average Bonchev–Trinajstić information content (AvgIpc) is 3.00. The number of anilines is 1. The molecule has 0 unspecified atom stereocenters. The van der Waals surface area contributed by atoms with Gasteiger partial charge >= 0.3 is 0 Å². The molecule has 0 bridgehead atoms. The summed E-state index contributed by atoms with van der Waals surface area (Å²) >= 11 is 0. The molecule has 2 aromatic heterocycles. The molecule has 2 heterocycles. The van der Waals surface area contributed by atoms with E-state index in [0.717, 1.165) is 30.2 Å². The maximum atomic E-state index is 5.40. The fourth-order valence-electron chi connectivity index (χ4n) is 2.50. The number of methoxy groups -OCH3 is 1. The van der Waals surface area contributed by atoms with E-state index in [9.17, 15) is 0 Å². The number of benzene rings is 1. The molecule has 6 nitrogen and oxygen atoms in total. The second kappa shape index (κ2) is 6.01. The van der Waals surface area contributed by atoms with Crippen LogP contribution in [0.3, 0.4) is 0 Å². The summed E-state index contributed by atoms with van der Waals surface area (Å²) in [6.07, 6.45) is 2.41. The van der Waals surface area contributed by atoms with Gasteiger partial charge in [-0.3, -0.25) is 0 Å². The first-order valence-corrected chi connectivity index (χ1v) is 7.19. The Labute approximate surface area is 129 Å². The highest BCUT2D eigenvalue weighted by molar-refractivity contribution is 5.47. The van der Waals surface area contributed by atoms with Crippen LogP contribution in [0, 0.1) is 6.92 Å². The van der Waals surface area contributed by atoms with Crippen LogP contribution < -0.4 is 9.64 Å². The first-order chi connectivity index (χ1) is 10.7. The van der Waals surface area contributed by atoms with Gasteiger partial charge in [-0.15, -0.1) is 0 Å². The minimum atomic E-state index is 0.624. The molecule has 0 N–H and O–H groups in total. The largest absolute Gasteiger partial charge is 0.496 e. The van der Waals surface area contributed by atoms with Crippen LogP contribution in [0.15, 0.2) is 36.7 Å². The van der Waals surface area contributed by atoms with Crippen LogP contribution in [0.5, 0.6) is 5.75 Å². The molecule has 0 atom stereocenters. The van der Waals surface area contributed by atoms with E-state index in [1.165, 1.54) is 11.9 Å². The van der Waals surface area contributed by atoms with Crippen molar-refractivity contribution in [2.24, 2.45) is 0 Å². The maximum Gasteiger partial charge on any atom is 0.254 e. The zero-order valence-electron chi connectivity index (χ0n) is 13.0. The third kappa shape index (κ3) is 2.72. The number of aromatic nitrogens is 4. The SMILES string of the molecule is COc1ccccc1CCN(C)c1cc(C)nc2ncnn12. The number of para-hydroxylation sites is 1. The summed E-state index contributed by atoms with van der Waals surface area (Å²) in [6.45, 7) is 2.81. The molecular weight excluding hydrogens is 278 g/mol. The normalized spacial score (nSPS) is 10.9. The van der Waals surface area contributed by atoms with Gasteiger partial charge in [-0.25, -0.2) is 4.98 Å². The van der Waals surface area contributed by atoms with Gasteiger partial charge in [-0.05, 0) is 25.0 Å². The van der Waals surface area contributed by atoms with E-state index in [1.807, 2.05) is 38.2 Å². The number of hydrogen-bond donors (Lipinski definition) is 0. The van der Waals surface area contributed by atoms with Gasteiger partial charge < -0.3 is 9.64 Å². The zero-order chi connectivity index (χ0) is 15.5. The van der Waals surface area contributed by atoms with Crippen molar-refractivity contribution in [2.75, 3.05) is 25.6 Å². The molecular formula is C16H19N5O.